The minimum Gasteiger partial charge on any atom is -0.486 e. The number of ketones is 1. The van der Waals surface area contributed by atoms with Crippen LogP contribution in [0.1, 0.15) is 152 Å². The SMILES string of the molecule is C=C1CC(c2ccc(Cl)s2)c2cc3c(cc2N1)OCO3.C=C1CC(c2cccs2)c2cc3c(cc2N1)OCCO3.C=C1CSC(N/N=C/c2ccc(C)c(C)c2)=N1.CC(=O)c1c(-c2ccc(C)cc2)csc1NC(=O)CSC1(C)CN=C2C=CC=CN21.Cc1ccc(CNC(=O)c2ccc(C)c(C)c2)cc1.Cc1cccc(C(=O)N2CCc3ccccc3C2)c1.O=C(O)CNc1nc(-c2ccccc2)nc2ccccc12. The van der Waals surface area contributed by atoms with Gasteiger partial charge in [0, 0.05) is 127 Å². The number of amidine groups is 2. The lowest BCUT2D eigenvalue weighted by molar-refractivity contribution is -0.135. The highest BCUT2D eigenvalue weighted by molar-refractivity contribution is 8.14. The molecule has 4 aromatic heterocycles. The number of hydrogen-bond acceptors (Lipinski definition) is 24. The number of benzene rings is 10. The molecule has 8 aliphatic rings. The Morgan fingerprint density at radius 1 is 0.644 bits per heavy atom. The number of thioether (sulfide) groups is 2. The van der Waals surface area contributed by atoms with Gasteiger partial charge in [-0.05, 0) is 227 Å². The van der Waals surface area contributed by atoms with Gasteiger partial charge in [-0.15, -0.1) is 45.8 Å². The van der Waals surface area contributed by atoms with Crippen LogP contribution in [0.2, 0.25) is 4.34 Å². The van der Waals surface area contributed by atoms with Crippen molar-refractivity contribution in [2.45, 2.75) is 111 Å². The van der Waals surface area contributed by atoms with Gasteiger partial charge in [-0.1, -0.05) is 224 Å². The first-order chi connectivity index (χ1) is 70.6. The van der Waals surface area contributed by atoms with Crippen LogP contribution in [0.5, 0.6) is 23.0 Å². The maximum Gasteiger partial charge on any atom is 0.322 e. The zero-order chi connectivity index (χ0) is 102. The summed E-state index contributed by atoms with van der Waals surface area (Å²) in [6.07, 6.45) is 12.5. The highest BCUT2D eigenvalue weighted by Gasteiger charge is 2.39. The molecule has 0 fully saturated rings. The second-order valence-electron chi connectivity index (χ2n) is 36.1. The summed E-state index contributed by atoms with van der Waals surface area (Å²) in [5, 5.41) is 34.7. The summed E-state index contributed by atoms with van der Waals surface area (Å²) in [6, 6.07) is 78.1. The molecule has 10 aromatic carbocycles. The molecule has 3 atom stereocenters. The Morgan fingerprint density at radius 3 is 1.97 bits per heavy atom. The molecule has 14 aromatic rings. The number of carboxylic acids is 1. The standard InChI is InChI=1S/C23H23N3O2S2.C17H17NO.C17H19NO.C16H13N3O2.C16H15NO2S.C15H12ClNO2S.C13H15N3S/c1-15-7-9-17(10-8-15)18-12-29-22(21(18)16(2)27)25-20(28)13-30-23(3)14-24-19-6-4-5-11-26(19)23;1-13-5-4-8-15(11-13)17(19)18-10-9-14-6-2-3-7-16(14)12-18;1-12-4-7-15(8-5-12)11-18-17(19)16-9-6-13(2)14(3)10-16;20-14(21)10-17-16-12-8-4-5-9-13(12)18-15(19-16)11-6-2-1-3-7-11;1-10-7-12(16-3-2-6-20-16)11-8-14-15(9-13(11)17-10)19-5-4-18-14;1-8-4-10(14-2-3-15(16)20-14)9-5-12-13(19-7-18-12)6-11(9)17-8;1-9-4-5-12(6-10(9)2)7-14-16-13-15-11(3)8-17-13/h4-12H,13-14H2,1-3H3,(H,25,28);2-8,11H,9-10,12H2,1H3;4-10H,11H2,1-3H3,(H,18,19);1-9H,10H2,(H,20,21)(H,17,18,19);2-3,6,8-9,12,17H,1,4-5,7H2;2-3,5-6,10,17H,1,4,7H2;4-7H,3,8H2,1-2H3,(H,15,16)/b;;;;;;14-7+. The number of carbonyl (C=O) groups excluding carboxylic acids is 4. The van der Waals surface area contributed by atoms with Gasteiger partial charge in [-0.3, -0.25) is 34.4 Å². The molecule has 0 aliphatic carbocycles. The lowest BCUT2D eigenvalue weighted by Crippen LogP contribution is -2.41. The number of hydrogen-bond donors (Lipinski definition) is 7. The number of rotatable bonds is 18. The van der Waals surface area contributed by atoms with Gasteiger partial charge >= 0.3 is 5.97 Å². The molecule has 0 saturated heterocycles. The fraction of sp³-hybridized carbons (Fsp3) is 0.214. The van der Waals surface area contributed by atoms with Crippen LogP contribution in [0.3, 0.4) is 0 Å². The van der Waals surface area contributed by atoms with E-state index in [0.717, 1.165) is 171 Å². The van der Waals surface area contributed by atoms with Crippen molar-refractivity contribution in [3.63, 3.8) is 0 Å². The zero-order valence-corrected chi connectivity index (χ0v) is 87.5. The van der Waals surface area contributed by atoms with Gasteiger partial charge < -0.3 is 60.4 Å². The van der Waals surface area contributed by atoms with Crippen molar-refractivity contribution in [2.24, 2.45) is 15.1 Å². The molecule has 12 heterocycles. The van der Waals surface area contributed by atoms with Gasteiger partial charge in [0.15, 0.2) is 39.8 Å². The highest BCUT2D eigenvalue weighted by atomic mass is 35.5. The van der Waals surface area contributed by atoms with Crippen molar-refractivity contribution in [3.8, 4) is 45.5 Å². The van der Waals surface area contributed by atoms with Crippen molar-refractivity contribution in [1.82, 2.24) is 30.5 Å². The molecule has 146 heavy (non-hydrogen) atoms. The molecular formula is C117H114ClN13O10S5. The van der Waals surface area contributed by atoms with Crippen LogP contribution in [-0.2, 0) is 29.1 Å². The number of aromatic nitrogens is 2. The van der Waals surface area contributed by atoms with Crippen molar-refractivity contribution in [1.29, 1.82) is 0 Å². The molecule has 7 N–H and O–H groups in total. The van der Waals surface area contributed by atoms with E-state index in [4.69, 9.17) is 35.7 Å². The summed E-state index contributed by atoms with van der Waals surface area (Å²) >= 11 is 14.0. The average molecular weight is 2060 g/mol. The van der Waals surface area contributed by atoms with Crippen LogP contribution < -0.4 is 51.0 Å². The van der Waals surface area contributed by atoms with E-state index in [0.29, 0.717) is 54.4 Å². The Balaban J connectivity index is 0.000000123. The number of amides is 3. The number of ether oxygens (including phenoxy) is 4. The number of anilines is 4. The van der Waals surface area contributed by atoms with Crippen LogP contribution in [0.15, 0.2) is 324 Å². The average Bonchev–Trinajstić information content (AvgIpc) is 1.39. The second kappa shape index (κ2) is 48.7. The van der Waals surface area contributed by atoms with Crippen LogP contribution in [0, 0.1) is 48.5 Å². The van der Waals surface area contributed by atoms with Crippen LogP contribution in [0.4, 0.5) is 22.2 Å². The number of nitrogens with one attached hydrogen (secondary N) is 6. The van der Waals surface area contributed by atoms with Crippen LogP contribution in [-0.4, -0.2) is 128 Å². The van der Waals surface area contributed by atoms with Gasteiger partial charge in [-0.2, -0.15) is 5.10 Å². The number of aryl methyl sites for hydroxylation is 7. The van der Waals surface area contributed by atoms with Crippen molar-refractivity contribution >= 4 is 149 Å². The van der Waals surface area contributed by atoms with Crippen LogP contribution in [0.25, 0.3) is 33.4 Å². The number of carboxylic acid groups (broad SMARTS) is 1. The molecule has 8 aliphatic heterocycles. The first kappa shape index (κ1) is 104. The minimum absolute atomic E-state index is 0.0244. The summed E-state index contributed by atoms with van der Waals surface area (Å²) in [6.45, 7) is 34.0. The number of hydrazone groups is 1. The maximum atomic E-state index is 12.7. The Kier molecular flexibility index (Phi) is 34.6. The molecular weight excluding hydrogens is 1940 g/mol. The van der Waals surface area contributed by atoms with Crippen molar-refractivity contribution < 1.29 is 48.0 Å². The third-order valence-corrected chi connectivity index (χ3v) is 30.6. The van der Waals surface area contributed by atoms with E-state index in [2.05, 4.69) is 194 Å². The third-order valence-electron chi connectivity index (χ3n) is 25.1. The van der Waals surface area contributed by atoms with E-state index in [1.54, 1.807) is 59.3 Å². The molecule has 23 nitrogen and oxygen atoms in total. The molecule has 3 amide bonds. The van der Waals surface area contributed by atoms with Gasteiger partial charge in [-0.25, -0.2) is 15.0 Å². The van der Waals surface area contributed by atoms with E-state index in [1.165, 1.54) is 65.6 Å². The molecule has 744 valence electrons. The third kappa shape index (κ3) is 27.0. The predicted octanol–water partition coefficient (Wildman–Crippen LogP) is 26.1. The Bertz CT molecular complexity index is 7360. The van der Waals surface area contributed by atoms with E-state index >= 15 is 0 Å². The van der Waals surface area contributed by atoms with E-state index in [1.807, 2.05) is 220 Å². The number of Topliss-reactive ketones (excluding diaryl/α,β-unsaturated/α-hetero) is 1. The molecule has 0 saturated carbocycles. The minimum atomic E-state index is -0.932. The summed E-state index contributed by atoms with van der Waals surface area (Å²) in [7, 11) is 0. The Morgan fingerprint density at radius 2 is 1.31 bits per heavy atom. The molecule has 0 bridgehead atoms. The first-order valence-corrected chi connectivity index (χ1v) is 52.7. The largest absolute Gasteiger partial charge is 0.486 e. The van der Waals surface area contributed by atoms with Gasteiger partial charge in [0.05, 0.1) is 33.9 Å². The number of aliphatic carboxylic acids is 1. The number of fused-ring (bicyclic) bond motifs is 7. The van der Waals surface area contributed by atoms with Gasteiger partial charge in [0.25, 0.3) is 11.8 Å². The van der Waals surface area contributed by atoms with E-state index in [9.17, 15) is 24.0 Å². The Labute approximate surface area is 876 Å². The van der Waals surface area contributed by atoms with Gasteiger partial charge in [0.1, 0.15) is 41.3 Å². The highest BCUT2D eigenvalue weighted by Crippen LogP contribution is 2.50. The lowest BCUT2D eigenvalue weighted by Gasteiger charge is -2.34. The monoisotopic (exact) mass is 2060 g/mol. The van der Waals surface area contributed by atoms with Crippen molar-refractivity contribution in [2.75, 3.05) is 72.4 Å². The number of halogens is 1. The quantitative estimate of drug-likeness (QED) is 0.0239. The number of thiophene rings is 3. The fourth-order valence-electron chi connectivity index (χ4n) is 17.1. The number of aliphatic imine (C=N–C) groups is 2. The van der Waals surface area contributed by atoms with Crippen LogP contribution >= 0.6 is 69.1 Å². The predicted molar refractivity (Wildman–Crippen MR) is 600 cm³/mol. The van der Waals surface area contributed by atoms with E-state index in [-0.39, 0.29) is 53.4 Å². The fourth-order valence-corrected chi connectivity index (χ4v) is 21.8. The number of para-hydroxylation sites is 1. The topological polar surface area (TPSA) is 284 Å². The summed E-state index contributed by atoms with van der Waals surface area (Å²) < 4.78 is 23.1. The lowest BCUT2D eigenvalue weighted by atomic mass is 9.88. The second-order valence-corrected chi connectivity index (χ2v) is 42.2. The summed E-state index contributed by atoms with van der Waals surface area (Å²) in [5.74, 6) is 6.06. The van der Waals surface area contributed by atoms with Gasteiger partial charge in [0.2, 0.25) is 12.7 Å². The summed E-state index contributed by atoms with van der Waals surface area (Å²) in [4.78, 5) is 84.5. The maximum absolute atomic E-state index is 12.7. The smallest absolute Gasteiger partial charge is 0.322 e. The first-order valence-electron chi connectivity index (χ1n) is 47.8. The molecule has 0 spiro atoms. The molecule has 22 rings (SSSR count). The number of allylic oxidation sites excluding steroid dienone is 4. The molecule has 3 unspecified atom stereocenters. The van der Waals surface area contributed by atoms with Crippen molar-refractivity contribution in [3.05, 3.63) is 412 Å². The van der Waals surface area contributed by atoms with E-state index < -0.39 is 5.97 Å². The molecule has 29 heteroatoms. The number of carbonyl (C=O) groups is 5. The molecule has 0 radical (unpaired) electrons. The summed E-state index contributed by atoms with van der Waals surface area (Å²) in [5.41, 5.74) is 29.3. The normalized spacial score (nSPS) is 15.9. The zero-order valence-electron chi connectivity index (χ0n) is 82.7. The number of nitrogens with zero attached hydrogens (tertiary/aromatic N) is 7. The Hall–Kier alpha value is -14.9.